The van der Waals surface area contributed by atoms with E-state index in [0.717, 1.165) is 23.3 Å². The molecule has 1 amide bonds. The molecule has 0 spiro atoms. The van der Waals surface area contributed by atoms with Gasteiger partial charge in [0, 0.05) is 13.0 Å². The summed E-state index contributed by atoms with van der Waals surface area (Å²) >= 11 is 0. The van der Waals surface area contributed by atoms with Gasteiger partial charge in [0.1, 0.15) is 5.52 Å². The summed E-state index contributed by atoms with van der Waals surface area (Å²) in [6.07, 6.45) is 0.592. The molecule has 2 N–H and O–H groups in total. The first-order valence-corrected chi connectivity index (χ1v) is 7.12. The predicted molar refractivity (Wildman–Crippen MR) is 85.2 cm³/mol. The van der Waals surface area contributed by atoms with Crippen LogP contribution in [0.3, 0.4) is 0 Å². The average Bonchev–Trinajstić information content (AvgIpc) is 3.17. The maximum absolute atomic E-state index is 10.9. The van der Waals surface area contributed by atoms with Gasteiger partial charge in [0.25, 0.3) is 0 Å². The highest BCUT2D eigenvalue weighted by Gasteiger charge is 2.17. The van der Waals surface area contributed by atoms with Gasteiger partial charge in [-0.2, -0.15) is 0 Å². The standard InChI is InChI=1S/C9H10N2O.C7H7N3/c12-9-6-7-11(10-9)8-4-2-1-3-5-8;1-5-2-3-6-7(4-5)9-10-8-6/h1-5H,6-7H2,(H,10,12);2-4H,1H3,(H,8,9,10). The lowest BCUT2D eigenvalue weighted by molar-refractivity contribution is -0.119. The second-order valence-electron chi connectivity index (χ2n) is 5.10. The molecule has 6 heteroatoms. The lowest BCUT2D eigenvalue weighted by Gasteiger charge is -2.16. The van der Waals surface area contributed by atoms with Crippen LogP contribution >= 0.6 is 0 Å². The molecule has 112 valence electrons. The van der Waals surface area contributed by atoms with Gasteiger partial charge in [0.15, 0.2) is 0 Å². The van der Waals surface area contributed by atoms with Crippen molar-refractivity contribution in [3.63, 3.8) is 0 Å². The fourth-order valence-corrected chi connectivity index (χ4v) is 2.23. The number of aromatic nitrogens is 3. The molecule has 1 aromatic heterocycles. The van der Waals surface area contributed by atoms with Crippen LogP contribution in [0.5, 0.6) is 0 Å². The lowest BCUT2D eigenvalue weighted by atomic mass is 10.2. The summed E-state index contributed by atoms with van der Waals surface area (Å²) in [6.45, 7) is 2.80. The zero-order chi connectivity index (χ0) is 15.4. The Bertz CT molecular complexity index is 768. The Morgan fingerprint density at radius 1 is 1.14 bits per heavy atom. The molecule has 0 aliphatic carbocycles. The van der Waals surface area contributed by atoms with E-state index in [2.05, 4.69) is 20.8 Å². The number of carbonyl (C=O) groups excluding carboxylic acids is 1. The third-order valence-electron chi connectivity index (χ3n) is 3.37. The van der Waals surface area contributed by atoms with Crippen LogP contribution in [0.2, 0.25) is 0 Å². The molecule has 2 aromatic carbocycles. The molecule has 0 atom stereocenters. The van der Waals surface area contributed by atoms with E-state index in [-0.39, 0.29) is 5.91 Å². The molecular weight excluding hydrogens is 278 g/mol. The molecule has 3 aromatic rings. The van der Waals surface area contributed by atoms with Gasteiger partial charge < -0.3 is 0 Å². The van der Waals surface area contributed by atoms with Crippen LogP contribution in [0.4, 0.5) is 5.69 Å². The van der Waals surface area contributed by atoms with Gasteiger partial charge in [0.05, 0.1) is 11.2 Å². The van der Waals surface area contributed by atoms with Gasteiger partial charge in [-0.25, -0.2) is 0 Å². The summed E-state index contributed by atoms with van der Waals surface area (Å²) in [6, 6.07) is 15.8. The monoisotopic (exact) mass is 295 g/mol. The molecule has 22 heavy (non-hydrogen) atoms. The number of nitrogens with one attached hydrogen (secondary N) is 2. The number of hydrogen-bond donors (Lipinski definition) is 2. The summed E-state index contributed by atoms with van der Waals surface area (Å²) in [4.78, 5) is 10.9. The second-order valence-corrected chi connectivity index (χ2v) is 5.10. The van der Waals surface area contributed by atoms with Crippen LogP contribution in [-0.2, 0) is 4.79 Å². The zero-order valence-electron chi connectivity index (χ0n) is 12.3. The van der Waals surface area contributed by atoms with E-state index in [9.17, 15) is 4.79 Å². The van der Waals surface area contributed by atoms with Gasteiger partial charge >= 0.3 is 0 Å². The number of hydrogen-bond acceptors (Lipinski definition) is 4. The molecule has 1 aliphatic heterocycles. The molecule has 1 aliphatic rings. The molecule has 0 unspecified atom stereocenters. The Morgan fingerprint density at radius 3 is 2.68 bits per heavy atom. The first-order valence-electron chi connectivity index (χ1n) is 7.12. The Balaban J connectivity index is 0.000000133. The molecule has 0 bridgehead atoms. The van der Waals surface area contributed by atoms with Crippen LogP contribution in [0.15, 0.2) is 48.5 Å². The van der Waals surface area contributed by atoms with Crippen molar-refractivity contribution in [2.24, 2.45) is 0 Å². The molecular formula is C16H17N5O. The quantitative estimate of drug-likeness (QED) is 0.722. The van der Waals surface area contributed by atoms with Gasteiger partial charge in [-0.1, -0.05) is 29.5 Å². The fraction of sp³-hybridized carbons (Fsp3) is 0.188. The van der Waals surface area contributed by atoms with Crippen molar-refractivity contribution in [3.05, 3.63) is 54.1 Å². The minimum Gasteiger partial charge on any atom is -0.285 e. The summed E-state index contributed by atoms with van der Waals surface area (Å²) in [5, 5.41) is 12.2. The second kappa shape index (κ2) is 6.26. The van der Waals surface area contributed by atoms with E-state index >= 15 is 0 Å². The Labute approximate surface area is 128 Å². The minimum atomic E-state index is 0.0962. The Morgan fingerprint density at radius 2 is 1.95 bits per heavy atom. The van der Waals surface area contributed by atoms with Crippen molar-refractivity contribution in [1.29, 1.82) is 0 Å². The van der Waals surface area contributed by atoms with Crippen molar-refractivity contribution in [2.75, 3.05) is 11.6 Å². The average molecular weight is 295 g/mol. The van der Waals surface area contributed by atoms with Crippen LogP contribution in [0.25, 0.3) is 11.0 Å². The van der Waals surface area contributed by atoms with Crippen LogP contribution in [-0.4, -0.2) is 27.9 Å². The number of H-pyrrole nitrogens is 1. The number of rotatable bonds is 1. The highest BCUT2D eigenvalue weighted by Crippen LogP contribution is 2.13. The third kappa shape index (κ3) is 3.22. The van der Waals surface area contributed by atoms with E-state index in [1.165, 1.54) is 5.56 Å². The number of fused-ring (bicyclic) bond motifs is 1. The third-order valence-corrected chi connectivity index (χ3v) is 3.37. The van der Waals surface area contributed by atoms with Crippen molar-refractivity contribution < 1.29 is 4.79 Å². The molecule has 1 saturated heterocycles. The number of carbonyl (C=O) groups is 1. The van der Waals surface area contributed by atoms with Crippen molar-refractivity contribution in [2.45, 2.75) is 13.3 Å². The Kier molecular flexibility index (Phi) is 4.00. The smallest absolute Gasteiger partial charge is 0.240 e. The number of para-hydroxylation sites is 1. The maximum atomic E-state index is 10.9. The maximum Gasteiger partial charge on any atom is 0.240 e. The first-order chi connectivity index (χ1) is 10.7. The first kappa shape index (κ1) is 14.1. The fourth-order valence-electron chi connectivity index (χ4n) is 2.23. The topological polar surface area (TPSA) is 73.9 Å². The highest BCUT2D eigenvalue weighted by atomic mass is 16.2. The normalized spacial score (nSPS) is 13.7. The van der Waals surface area contributed by atoms with Crippen LogP contribution in [0, 0.1) is 6.92 Å². The number of nitrogens with zero attached hydrogens (tertiary/aromatic N) is 3. The number of aryl methyl sites for hydroxylation is 1. The molecule has 1 fully saturated rings. The molecule has 2 heterocycles. The molecule has 6 nitrogen and oxygen atoms in total. The van der Waals surface area contributed by atoms with Crippen LogP contribution in [0.1, 0.15) is 12.0 Å². The SMILES string of the molecule is Cc1ccc2[nH]nnc2c1.O=C1CCN(c2ccccc2)N1. The van der Waals surface area contributed by atoms with Gasteiger partial charge in [-0.15, -0.1) is 5.10 Å². The largest absolute Gasteiger partial charge is 0.285 e. The van der Waals surface area contributed by atoms with Crippen LogP contribution < -0.4 is 10.4 Å². The van der Waals surface area contributed by atoms with Gasteiger partial charge in [-0.3, -0.25) is 20.3 Å². The highest BCUT2D eigenvalue weighted by molar-refractivity contribution is 5.81. The Hall–Kier alpha value is -2.89. The molecule has 4 rings (SSSR count). The lowest BCUT2D eigenvalue weighted by Crippen LogP contribution is -2.32. The summed E-state index contributed by atoms with van der Waals surface area (Å²) in [5.74, 6) is 0.0962. The number of amides is 1. The van der Waals surface area contributed by atoms with Crippen molar-refractivity contribution in [3.8, 4) is 0 Å². The van der Waals surface area contributed by atoms with E-state index in [1.807, 2.05) is 60.5 Å². The number of hydrazine groups is 1. The predicted octanol–water partition coefficient (Wildman–Crippen LogP) is 2.19. The number of aromatic amines is 1. The van der Waals surface area contributed by atoms with Crippen molar-refractivity contribution in [1.82, 2.24) is 20.8 Å². The number of anilines is 1. The van der Waals surface area contributed by atoms with E-state index in [1.54, 1.807) is 0 Å². The van der Waals surface area contributed by atoms with Gasteiger partial charge in [0.2, 0.25) is 5.91 Å². The molecule has 0 radical (unpaired) electrons. The minimum absolute atomic E-state index is 0.0962. The van der Waals surface area contributed by atoms with Crippen molar-refractivity contribution >= 4 is 22.6 Å². The van der Waals surface area contributed by atoms with Gasteiger partial charge in [-0.05, 0) is 36.8 Å². The molecule has 0 saturated carbocycles. The summed E-state index contributed by atoms with van der Waals surface area (Å²) < 4.78 is 0. The van der Waals surface area contributed by atoms with E-state index in [4.69, 9.17) is 0 Å². The number of benzene rings is 2. The van der Waals surface area contributed by atoms with E-state index < -0.39 is 0 Å². The summed E-state index contributed by atoms with van der Waals surface area (Å²) in [7, 11) is 0. The van der Waals surface area contributed by atoms with E-state index in [0.29, 0.717) is 6.42 Å². The summed E-state index contributed by atoms with van der Waals surface area (Å²) in [5.41, 5.74) is 6.94. The zero-order valence-corrected chi connectivity index (χ0v) is 12.3.